The Bertz CT molecular complexity index is 3690. The zero-order chi connectivity index (χ0) is 39.0. The van der Waals surface area contributed by atoms with Gasteiger partial charge in [-0.25, -0.2) is 0 Å². The van der Waals surface area contributed by atoms with Gasteiger partial charge in [0, 0.05) is 41.7 Å². The summed E-state index contributed by atoms with van der Waals surface area (Å²) in [4.78, 5) is 0. The molecule has 0 atom stereocenters. The van der Waals surface area contributed by atoms with E-state index in [-0.39, 0.29) is 5.41 Å². The van der Waals surface area contributed by atoms with Crippen molar-refractivity contribution in [3.8, 4) is 44.5 Å². The minimum Gasteiger partial charge on any atom is -0.455 e. The topological polar surface area (TPSA) is 13.1 Å². The Hall–Kier alpha value is -7.00. The van der Waals surface area contributed by atoms with E-state index in [9.17, 15) is 0 Å². The zero-order valence-corrected chi connectivity index (χ0v) is 33.5. The second-order valence-corrected chi connectivity index (χ2v) is 17.8. The molecule has 2 aromatic heterocycles. The van der Waals surface area contributed by atoms with Crippen molar-refractivity contribution in [2.24, 2.45) is 0 Å². The molecule has 59 heavy (non-hydrogen) atoms. The number of fused-ring (bicyclic) bond motifs is 13. The van der Waals surface area contributed by atoms with Gasteiger partial charge >= 0.3 is 0 Å². The second kappa shape index (κ2) is 12.0. The summed E-state index contributed by atoms with van der Waals surface area (Å²) in [6.45, 7) is 4.73. The van der Waals surface area contributed by atoms with Crippen molar-refractivity contribution < 1.29 is 4.42 Å². The third-order valence-corrected chi connectivity index (χ3v) is 14.4. The smallest absolute Gasteiger partial charge is 0.143 e. The monoisotopic (exact) mass is 768 g/mol. The molecular weight excluding hydrogens is 733 g/mol. The maximum Gasteiger partial charge on any atom is 0.143 e. The number of hydrogen-bond acceptors (Lipinski definition) is 2. The molecule has 12 aromatic rings. The van der Waals surface area contributed by atoms with E-state index in [1.54, 1.807) is 0 Å². The molecular formula is C57H36OS. The minimum absolute atomic E-state index is 0.0680. The molecule has 0 amide bonds. The summed E-state index contributed by atoms with van der Waals surface area (Å²) in [5.41, 5.74) is 14.8. The molecule has 2 heteroatoms. The van der Waals surface area contributed by atoms with E-state index in [0.29, 0.717) is 0 Å². The van der Waals surface area contributed by atoms with Crippen molar-refractivity contribution in [1.29, 1.82) is 0 Å². The largest absolute Gasteiger partial charge is 0.455 e. The number of rotatable bonds is 3. The molecule has 0 fully saturated rings. The first-order valence-electron chi connectivity index (χ1n) is 20.5. The fourth-order valence-corrected chi connectivity index (χ4v) is 11.6. The van der Waals surface area contributed by atoms with Gasteiger partial charge in [0.1, 0.15) is 11.2 Å². The van der Waals surface area contributed by atoms with Crippen molar-refractivity contribution in [2.75, 3.05) is 0 Å². The maximum absolute atomic E-state index is 6.73. The highest BCUT2D eigenvalue weighted by molar-refractivity contribution is 7.25. The summed E-state index contributed by atoms with van der Waals surface area (Å²) < 4.78 is 9.33. The fourth-order valence-electron chi connectivity index (χ4n) is 10.5. The summed E-state index contributed by atoms with van der Waals surface area (Å²) in [7, 11) is 0. The number of hydrogen-bond donors (Lipinski definition) is 0. The normalized spacial score (nSPS) is 13.4. The van der Waals surface area contributed by atoms with Gasteiger partial charge in [-0.3, -0.25) is 0 Å². The van der Waals surface area contributed by atoms with Crippen LogP contribution in [0.25, 0.3) is 119 Å². The summed E-state index contributed by atoms with van der Waals surface area (Å²) in [5, 5.41) is 12.3. The van der Waals surface area contributed by atoms with Crippen molar-refractivity contribution in [3.05, 3.63) is 193 Å². The lowest BCUT2D eigenvalue weighted by molar-refractivity contribution is 0.660. The van der Waals surface area contributed by atoms with Crippen LogP contribution in [0.4, 0.5) is 0 Å². The third-order valence-electron chi connectivity index (χ3n) is 13.3. The Labute approximate surface area is 345 Å². The van der Waals surface area contributed by atoms with E-state index in [1.807, 2.05) is 11.3 Å². The molecule has 0 unspecified atom stereocenters. The Morgan fingerprint density at radius 1 is 0.356 bits per heavy atom. The van der Waals surface area contributed by atoms with Crippen molar-refractivity contribution in [1.82, 2.24) is 0 Å². The molecule has 0 saturated carbocycles. The molecule has 0 spiro atoms. The van der Waals surface area contributed by atoms with Gasteiger partial charge in [0.25, 0.3) is 0 Å². The lowest BCUT2D eigenvalue weighted by Crippen LogP contribution is -2.14. The molecule has 0 bridgehead atoms. The van der Waals surface area contributed by atoms with Crippen LogP contribution in [0.3, 0.4) is 0 Å². The SMILES string of the molecule is CC1(C)c2ccccc2-c2ccc(-c3c4ccccc4c(-c4ccc(-c5cc6c7cc8sc9ccccc9c8cc7oc6c6ccccc56)cc4)c4ccccc34)cc21. The van der Waals surface area contributed by atoms with Gasteiger partial charge in [0.05, 0.1) is 0 Å². The van der Waals surface area contributed by atoms with Crippen molar-refractivity contribution >= 4 is 85.8 Å². The predicted molar refractivity (Wildman–Crippen MR) is 253 cm³/mol. The third kappa shape index (κ3) is 4.61. The Morgan fingerprint density at radius 2 is 0.915 bits per heavy atom. The van der Waals surface area contributed by atoms with Crippen LogP contribution in [0.1, 0.15) is 25.0 Å². The van der Waals surface area contributed by atoms with E-state index in [4.69, 9.17) is 4.42 Å². The Kier molecular flexibility index (Phi) is 6.73. The highest BCUT2D eigenvalue weighted by Gasteiger charge is 2.35. The minimum atomic E-state index is -0.0680. The molecule has 0 N–H and O–H groups in total. The first-order valence-corrected chi connectivity index (χ1v) is 21.3. The van der Waals surface area contributed by atoms with Crippen LogP contribution in [0.5, 0.6) is 0 Å². The molecule has 2 heterocycles. The van der Waals surface area contributed by atoms with E-state index in [0.717, 1.165) is 27.3 Å². The average Bonchev–Trinajstić information content (AvgIpc) is 3.91. The Morgan fingerprint density at radius 3 is 1.64 bits per heavy atom. The summed E-state index contributed by atoms with van der Waals surface area (Å²) in [5.74, 6) is 0. The molecule has 13 rings (SSSR count). The summed E-state index contributed by atoms with van der Waals surface area (Å²) >= 11 is 1.85. The molecule has 0 saturated heterocycles. The first kappa shape index (κ1) is 33.0. The van der Waals surface area contributed by atoms with Crippen LogP contribution in [-0.4, -0.2) is 0 Å². The summed E-state index contributed by atoms with van der Waals surface area (Å²) in [6, 6.07) is 67.6. The van der Waals surface area contributed by atoms with Gasteiger partial charge in [-0.1, -0.05) is 166 Å². The molecule has 1 nitrogen and oxygen atoms in total. The molecule has 0 aliphatic heterocycles. The number of thiophene rings is 1. The van der Waals surface area contributed by atoms with Crippen molar-refractivity contribution in [3.63, 3.8) is 0 Å². The van der Waals surface area contributed by atoms with Crippen LogP contribution in [0, 0.1) is 0 Å². The van der Waals surface area contributed by atoms with Gasteiger partial charge in [-0.05, 0) is 113 Å². The van der Waals surface area contributed by atoms with Gasteiger partial charge < -0.3 is 4.42 Å². The van der Waals surface area contributed by atoms with Crippen LogP contribution < -0.4 is 0 Å². The highest BCUT2D eigenvalue weighted by Crippen LogP contribution is 2.52. The number of benzene rings is 10. The van der Waals surface area contributed by atoms with Crippen LogP contribution in [-0.2, 0) is 5.41 Å². The number of furan rings is 1. The highest BCUT2D eigenvalue weighted by atomic mass is 32.1. The second-order valence-electron chi connectivity index (χ2n) is 16.7. The lowest BCUT2D eigenvalue weighted by atomic mass is 9.80. The molecule has 276 valence electrons. The maximum atomic E-state index is 6.73. The first-order chi connectivity index (χ1) is 29.0. The Balaban J connectivity index is 0.980. The quantitative estimate of drug-likeness (QED) is 0.163. The van der Waals surface area contributed by atoms with E-state index in [2.05, 4.69) is 196 Å². The van der Waals surface area contributed by atoms with Crippen molar-refractivity contribution in [2.45, 2.75) is 19.3 Å². The molecule has 0 radical (unpaired) electrons. The van der Waals surface area contributed by atoms with Gasteiger partial charge in [-0.2, -0.15) is 0 Å². The van der Waals surface area contributed by atoms with E-state index in [1.165, 1.54) is 103 Å². The average molecular weight is 769 g/mol. The molecule has 1 aliphatic carbocycles. The zero-order valence-electron chi connectivity index (χ0n) is 32.6. The van der Waals surface area contributed by atoms with Crippen LogP contribution in [0.15, 0.2) is 186 Å². The van der Waals surface area contributed by atoms with Crippen LogP contribution in [0.2, 0.25) is 0 Å². The fraction of sp³-hybridized carbons (Fsp3) is 0.0526. The molecule has 1 aliphatic rings. The van der Waals surface area contributed by atoms with Gasteiger partial charge in [0.15, 0.2) is 0 Å². The molecule has 10 aromatic carbocycles. The van der Waals surface area contributed by atoms with E-state index < -0.39 is 0 Å². The predicted octanol–water partition coefficient (Wildman–Crippen LogP) is 16.7. The standard InChI is InChI=1S/C57H36OS/c1-57(2)49-21-11-9-14-37(49)38-28-27-35(29-50(38)57)55-42-18-6-4-16-40(42)54(41-17-5-7-19-43(41)55)34-25-23-33(24-26-34)45-30-48-46-32-53-47(39-15-10-12-22-52(39)59-53)31-51(46)58-56(48)44-20-8-3-13-36(44)45/h3-32H,1-2H3. The van der Waals surface area contributed by atoms with E-state index >= 15 is 0 Å². The van der Waals surface area contributed by atoms with Gasteiger partial charge in [-0.15, -0.1) is 11.3 Å². The van der Waals surface area contributed by atoms with Crippen LogP contribution >= 0.6 is 11.3 Å². The lowest BCUT2D eigenvalue weighted by Gasteiger charge is -2.23. The van der Waals surface area contributed by atoms with Gasteiger partial charge in [0.2, 0.25) is 0 Å². The summed E-state index contributed by atoms with van der Waals surface area (Å²) in [6.07, 6.45) is 0.